The Hall–Kier alpha value is -1.57. The number of aryl methyl sites for hydroxylation is 1. The second-order valence-corrected chi connectivity index (χ2v) is 7.57. The fourth-order valence-electron chi connectivity index (χ4n) is 2.04. The highest BCUT2D eigenvalue weighted by Crippen LogP contribution is 2.17. The van der Waals surface area contributed by atoms with Crippen LogP contribution in [0.4, 0.5) is 0 Å². The van der Waals surface area contributed by atoms with Crippen LogP contribution in [0.3, 0.4) is 0 Å². The van der Waals surface area contributed by atoms with Crippen molar-refractivity contribution in [2.75, 3.05) is 12.4 Å². The number of fused-ring (bicyclic) bond motifs is 1. The summed E-state index contributed by atoms with van der Waals surface area (Å²) < 4.78 is 7.01. The zero-order chi connectivity index (χ0) is 16.9. The second-order valence-electron chi connectivity index (χ2n) is 4.98. The number of thioether (sulfide) groups is 1. The van der Waals surface area contributed by atoms with E-state index in [2.05, 4.69) is 10.1 Å². The average molecular weight is 382 g/mol. The van der Waals surface area contributed by atoms with Gasteiger partial charge in [0.25, 0.3) is 5.56 Å². The molecule has 5 nitrogen and oxygen atoms in total. The van der Waals surface area contributed by atoms with Crippen LogP contribution < -0.4 is 10.3 Å². The molecule has 0 radical (unpaired) electrons. The van der Waals surface area contributed by atoms with Gasteiger partial charge in [0.15, 0.2) is 0 Å². The number of aromatic nitrogens is 3. The van der Waals surface area contributed by atoms with Crippen LogP contribution in [-0.2, 0) is 12.2 Å². The van der Waals surface area contributed by atoms with Gasteiger partial charge in [-0.05, 0) is 30.7 Å². The van der Waals surface area contributed by atoms with Crippen molar-refractivity contribution in [1.82, 2.24) is 14.6 Å². The lowest BCUT2D eigenvalue weighted by Crippen LogP contribution is -2.15. The second kappa shape index (κ2) is 8.00. The van der Waals surface area contributed by atoms with Crippen LogP contribution in [0.2, 0.25) is 5.02 Å². The molecule has 0 aliphatic carbocycles. The van der Waals surface area contributed by atoms with Crippen molar-refractivity contribution in [3.8, 4) is 5.75 Å². The molecule has 0 bridgehead atoms. The molecule has 0 spiro atoms. The summed E-state index contributed by atoms with van der Waals surface area (Å²) in [6.45, 7) is 2.61. The quantitative estimate of drug-likeness (QED) is 0.584. The Morgan fingerprint density at radius 1 is 1.33 bits per heavy atom. The van der Waals surface area contributed by atoms with Crippen LogP contribution in [0.25, 0.3) is 4.96 Å². The van der Waals surface area contributed by atoms with Crippen molar-refractivity contribution in [3.05, 3.63) is 56.4 Å². The van der Waals surface area contributed by atoms with Crippen molar-refractivity contribution in [2.24, 2.45) is 0 Å². The average Bonchev–Trinajstić information content (AvgIpc) is 3.00. The normalized spacial score (nSPS) is 11.1. The van der Waals surface area contributed by atoms with Gasteiger partial charge in [-0.15, -0.1) is 0 Å². The molecule has 126 valence electrons. The first kappa shape index (κ1) is 17.3. The molecule has 3 rings (SSSR count). The maximum absolute atomic E-state index is 12.1. The van der Waals surface area contributed by atoms with E-state index in [1.807, 2.05) is 19.1 Å². The van der Waals surface area contributed by atoms with E-state index in [0.29, 0.717) is 22.3 Å². The highest BCUT2D eigenvalue weighted by atomic mass is 35.5. The van der Waals surface area contributed by atoms with E-state index in [4.69, 9.17) is 16.3 Å². The summed E-state index contributed by atoms with van der Waals surface area (Å²) >= 11 is 8.98. The number of hydrogen-bond donors (Lipinski definition) is 0. The summed E-state index contributed by atoms with van der Waals surface area (Å²) in [5.41, 5.74) is 0.659. The molecule has 0 N–H and O–H groups in total. The van der Waals surface area contributed by atoms with Gasteiger partial charge in [-0.3, -0.25) is 4.79 Å². The number of rotatable bonds is 7. The summed E-state index contributed by atoms with van der Waals surface area (Å²) in [5.74, 6) is 2.29. The van der Waals surface area contributed by atoms with Crippen LogP contribution in [-0.4, -0.2) is 27.0 Å². The standard InChI is InChI=1S/C16H16ClN3O2S2/c1-2-14-19-20-15(21)9-12(18-16(20)24-14)10-23-8-7-22-13-5-3-11(17)4-6-13/h3-6,9H,2,7-8,10H2,1H3. The third-order valence-electron chi connectivity index (χ3n) is 3.20. The Morgan fingerprint density at radius 3 is 2.88 bits per heavy atom. The van der Waals surface area contributed by atoms with Crippen molar-refractivity contribution in [1.29, 1.82) is 0 Å². The van der Waals surface area contributed by atoms with Crippen molar-refractivity contribution in [3.63, 3.8) is 0 Å². The molecule has 0 unspecified atom stereocenters. The Morgan fingerprint density at radius 2 is 2.12 bits per heavy atom. The zero-order valence-corrected chi connectivity index (χ0v) is 15.5. The molecule has 0 saturated heterocycles. The van der Waals surface area contributed by atoms with Crippen LogP contribution in [0.5, 0.6) is 5.75 Å². The minimum Gasteiger partial charge on any atom is -0.493 e. The number of ether oxygens (including phenoxy) is 1. The Kier molecular flexibility index (Phi) is 5.76. The topological polar surface area (TPSA) is 56.5 Å². The minimum atomic E-state index is -0.121. The predicted octanol–water partition coefficient (Wildman–Crippen LogP) is 3.68. The van der Waals surface area contributed by atoms with E-state index >= 15 is 0 Å². The summed E-state index contributed by atoms with van der Waals surface area (Å²) in [7, 11) is 0. The lowest BCUT2D eigenvalue weighted by Gasteiger charge is -2.06. The Labute approximate surface area is 152 Å². The van der Waals surface area contributed by atoms with Gasteiger partial charge >= 0.3 is 0 Å². The monoisotopic (exact) mass is 381 g/mol. The minimum absolute atomic E-state index is 0.121. The molecule has 0 saturated carbocycles. The van der Waals surface area contributed by atoms with Crippen LogP contribution in [0.1, 0.15) is 17.6 Å². The van der Waals surface area contributed by atoms with Crippen molar-refractivity contribution < 1.29 is 4.74 Å². The summed E-state index contributed by atoms with van der Waals surface area (Å²) in [5, 5.41) is 5.86. The first-order valence-corrected chi connectivity index (χ1v) is 9.85. The summed E-state index contributed by atoms with van der Waals surface area (Å²) in [4.78, 5) is 17.2. The van der Waals surface area contributed by atoms with Gasteiger partial charge in [0.2, 0.25) is 4.96 Å². The van der Waals surface area contributed by atoms with Crippen LogP contribution >= 0.6 is 34.7 Å². The Balaban J connectivity index is 1.52. The third-order valence-corrected chi connectivity index (χ3v) is 5.46. The van der Waals surface area contributed by atoms with Gasteiger partial charge in [-0.25, -0.2) is 4.98 Å². The molecule has 0 atom stereocenters. The molecule has 1 aromatic carbocycles. The fraction of sp³-hybridized carbons (Fsp3) is 0.312. The van der Waals surface area contributed by atoms with Gasteiger partial charge in [0.1, 0.15) is 10.8 Å². The molecule has 0 aliphatic heterocycles. The van der Waals surface area contributed by atoms with Gasteiger partial charge < -0.3 is 4.74 Å². The molecule has 3 aromatic rings. The number of benzene rings is 1. The Bertz CT molecular complexity index is 877. The maximum Gasteiger partial charge on any atom is 0.275 e. The predicted molar refractivity (Wildman–Crippen MR) is 99.6 cm³/mol. The third kappa shape index (κ3) is 4.28. The van der Waals surface area contributed by atoms with Crippen molar-refractivity contribution >= 4 is 39.7 Å². The maximum atomic E-state index is 12.1. The molecular weight excluding hydrogens is 366 g/mol. The van der Waals surface area contributed by atoms with Gasteiger partial charge in [-0.2, -0.15) is 21.4 Å². The molecule has 8 heteroatoms. The fourth-order valence-corrected chi connectivity index (χ4v) is 3.72. The molecule has 0 amide bonds. The van der Waals surface area contributed by atoms with E-state index in [-0.39, 0.29) is 5.56 Å². The largest absolute Gasteiger partial charge is 0.493 e. The van der Waals surface area contributed by atoms with Gasteiger partial charge in [0, 0.05) is 22.6 Å². The van der Waals surface area contributed by atoms with E-state index in [1.54, 1.807) is 30.0 Å². The van der Waals surface area contributed by atoms with Gasteiger partial charge in [-0.1, -0.05) is 29.9 Å². The lowest BCUT2D eigenvalue weighted by molar-refractivity contribution is 0.344. The van der Waals surface area contributed by atoms with E-state index in [0.717, 1.165) is 28.6 Å². The number of hydrogen-bond acceptors (Lipinski definition) is 6. The smallest absolute Gasteiger partial charge is 0.275 e. The molecule has 24 heavy (non-hydrogen) atoms. The zero-order valence-electron chi connectivity index (χ0n) is 13.1. The number of halogens is 1. The lowest BCUT2D eigenvalue weighted by atomic mass is 10.3. The molecular formula is C16H16ClN3O2S2. The van der Waals surface area contributed by atoms with Crippen LogP contribution in [0, 0.1) is 0 Å². The molecule has 2 heterocycles. The summed E-state index contributed by atoms with van der Waals surface area (Å²) in [6, 6.07) is 8.85. The van der Waals surface area contributed by atoms with Crippen molar-refractivity contribution in [2.45, 2.75) is 19.1 Å². The summed E-state index contributed by atoms with van der Waals surface area (Å²) in [6.07, 6.45) is 0.805. The number of nitrogens with zero attached hydrogens (tertiary/aromatic N) is 3. The SMILES string of the molecule is CCc1nn2c(=O)cc(CSCCOc3ccc(Cl)cc3)nc2s1. The first-order valence-electron chi connectivity index (χ1n) is 7.50. The molecule has 0 fully saturated rings. The highest BCUT2D eigenvalue weighted by molar-refractivity contribution is 7.98. The first-order chi connectivity index (χ1) is 11.7. The molecule has 2 aromatic heterocycles. The van der Waals surface area contributed by atoms with Crippen LogP contribution in [0.15, 0.2) is 35.1 Å². The van der Waals surface area contributed by atoms with Gasteiger partial charge in [0.05, 0.1) is 12.3 Å². The van der Waals surface area contributed by atoms with E-state index in [1.165, 1.54) is 15.9 Å². The van der Waals surface area contributed by atoms with E-state index < -0.39 is 0 Å². The highest BCUT2D eigenvalue weighted by Gasteiger charge is 2.08. The van der Waals surface area contributed by atoms with E-state index in [9.17, 15) is 4.79 Å². The molecule has 0 aliphatic rings.